The van der Waals surface area contributed by atoms with Gasteiger partial charge in [-0.15, -0.1) is 12.6 Å². The Morgan fingerprint density at radius 1 is 1.17 bits per heavy atom. The van der Waals surface area contributed by atoms with Crippen LogP contribution < -0.4 is 0 Å². The SMILES string of the molecule is Sc1ccccc1C=Nc1ccc2nc[nH]c2c1. The van der Waals surface area contributed by atoms with E-state index in [1.165, 1.54) is 0 Å². The number of nitrogens with zero attached hydrogens (tertiary/aromatic N) is 2. The van der Waals surface area contributed by atoms with Crippen molar-refractivity contribution < 1.29 is 0 Å². The van der Waals surface area contributed by atoms with Crippen molar-refractivity contribution in [2.24, 2.45) is 4.99 Å². The lowest BCUT2D eigenvalue weighted by molar-refractivity contribution is 1.34. The van der Waals surface area contributed by atoms with Crippen LogP contribution in [0.4, 0.5) is 5.69 Å². The molecule has 0 saturated carbocycles. The highest BCUT2D eigenvalue weighted by Gasteiger charge is 1.97. The van der Waals surface area contributed by atoms with E-state index in [1.807, 2.05) is 48.7 Å². The van der Waals surface area contributed by atoms with Crippen molar-refractivity contribution in [2.75, 3.05) is 0 Å². The molecule has 0 amide bonds. The molecule has 0 fully saturated rings. The summed E-state index contributed by atoms with van der Waals surface area (Å²) in [5, 5.41) is 0. The molecule has 3 aromatic rings. The van der Waals surface area contributed by atoms with Crippen molar-refractivity contribution in [3.8, 4) is 0 Å². The second-order valence-corrected chi connectivity index (χ2v) is 4.40. The van der Waals surface area contributed by atoms with Gasteiger partial charge in [0.05, 0.1) is 23.0 Å². The number of H-pyrrole nitrogens is 1. The molecule has 0 spiro atoms. The summed E-state index contributed by atoms with van der Waals surface area (Å²) in [7, 11) is 0. The van der Waals surface area contributed by atoms with E-state index in [4.69, 9.17) is 0 Å². The van der Waals surface area contributed by atoms with Crippen LogP contribution in [0.25, 0.3) is 11.0 Å². The topological polar surface area (TPSA) is 41.0 Å². The molecule has 1 heterocycles. The second-order valence-electron chi connectivity index (χ2n) is 3.92. The molecule has 0 aliphatic carbocycles. The van der Waals surface area contributed by atoms with E-state index < -0.39 is 0 Å². The zero-order valence-electron chi connectivity index (χ0n) is 9.54. The van der Waals surface area contributed by atoms with Crippen LogP contribution in [-0.4, -0.2) is 16.2 Å². The summed E-state index contributed by atoms with van der Waals surface area (Å²) in [6, 6.07) is 13.7. The van der Waals surface area contributed by atoms with Gasteiger partial charge in [-0.3, -0.25) is 4.99 Å². The zero-order chi connectivity index (χ0) is 12.4. The number of rotatable bonds is 2. The normalized spacial score (nSPS) is 11.4. The molecule has 0 bridgehead atoms. The standard InChI is InChI=1S/C14H11N3S/c18-14-4-2-1-3-10(14)8-15-11-5-6-12-13(7-11)17-9-16-12/h1-9,18H,(H,16,17). The predicted octanol–water partition coefficient (Wildman–Crippen LogP) is 3.60. The molecule has 4 heteroatoms. The maximum atomic E-state index is 4.45. The zero-order valence-corrected chi connectivity index (χ0v) is 10.4. The molecular formula is C14H11N3S. The number of hydrogen-bond acceptors (Lipinski definition) is 3. The summed E-state index contributed by atoms with van der Waals surface area (Å²) in [6.07, 6.45) is 3.50. The molecule has 2 aromatic carbocycles. The van der Waals surface area contributed by atoms with E-state index in [2.05, 4.69) is 27.6 Å². The van der Waals surface area contributed by atoms with Crippen molar-refractivity contribution in [1.82, 2.24) is 9.97 Å². The molecule has 0 aliphatic rings. The molecule has 3 nitrogen and oxygen atoms in total. The van der Waals surface area contributed by atoms with E-state index >= 15 is 0 Å². The molecule has 18 heavy (non-hydrogen) atoms. The summed E-state index contributed by atoms with van der Waals surface area (Å²) >= 11 is 4.39. The largest absolute Gasteiger partial charge is 0.345 e. The van der Waals surface area contributed by atoms with Gasteiger partial charge < -0.3 is 4.98 Å². The maximum absolute atomic E-state index is 4.45. The number of fused-ring (bicyclic) bond motifs is 1. The molecule has 1 aromatic heterocycles. The molecule has 0 radical (unpaired) electrons. The first-order chi connectivity index (χ1) is 8.83. The van der Waals surface area contributed by atoms with E-state index in [-0.39, 0.29) is 0 Å². The van der Waals surface area contributed by atoms with Crippen LogP contribution in [-0.2, 0) is 0 Å². The van der Waals surface area contributed by atoms with E-state index in [0.29, 0.717) is 0 Å². The Labute approximate surface area is 110 Å². The number of nitrogens with one attached hydrogen (secondary N) is 1. The Morgan fingerprint density at radius 3 is 2.94 bits per heavy atom. The number of imidazole rings is 1. The Bertz CT molecular complexity index is 716. The summed E-state index contributed by atoms with van der Waals surface area (Å²) in [5.74, 6) is 0. The van der Waals surface area contributed by atoms with Gasteiger partial charge in [-0.25, -0.2) is 4.98 Å². The van der Waals surface area contributed by atoms with Crippen LogP contribution in [0.3, 0.4) is 0 Å². The lowest BCUT2D eigenvalue weighted by atomic mass is 10.2. The van der Waals surface area contributed by atoms with Gasteiger partial charge in [-0.1, -0.05) is 18.2 Å². The number of aliphatic imine (C=N–C) groups is 1. The fraction of sp³-hybridized carbons (Fsp3) is 0. The van der Waals surface area contributed by atoms with Gasteiger partial charge in [0, 0.05) is 16.7 Å². The Hall–Kier alpha value is -2.07. The molecule has 1 N–H and O–H groups in total. The number of thiol groups is 1. The molecular weight excluding hydrogens is 242 g/mol. The average Bonchev–Trinajstić information content (AvgIpc) is 2.85. The van der Waals surface area contributed by atoms with Crippen LogP contribution in [0.2, 0.25) is 0 Å². The average molecular weight is 253 g/mol. The fourth-order valence-corrected chi connectivity index (χ4v) is 1.96. The first-order valence-corrected chi connectivity index (χ1v) is 6.03. The summed E-state index contributed by atoms with van der Waals surface area (Å²) in [6.45, 7) is 0. The summed E-state index contributed by atoms with van der Waals surface area (Å²) < 4.78 is 0. The molecule has 0 aliphatic heterocycles. The van der Waals surface area contributed by atoms with Gasteiger partial charge in [0.1, 0.15) is 0 Å². The smallest absolute Gasteiger partial charge is 0.0931 e. The first-order valence-electron chi connectivity index (χ1n) is 5.58. The predicted molar refractivity (Wildman–Crippen MR) is 77.0 cm³/mol. The quantitative estimate of drug-likeness (QED) is 0.531. The van der Waals surface area contributed by atoms with Crippen molar-refractivity contribution in [2.45, 2.75) is 4.90 Å². The second kappa shape index (κ2) is 4.66. The third kappa shape index (κ3) is 2.15. The van der Waals surface area contributed by atoms with Crippen molar-refractivity contribution in [3.63, 3.8) is 0 Å². The van der Waals surface area contributed by atoms with Crippen LogP contribution >= 0.6 is 12.6 Å². The van der Waals surface area contributed by atoms with Crippen LogP contribution in [0.1, 0.15) is 5.56 Å². The van der Waals surface area contributed by atoms with E-state index in [9.17, 15) is 0 Å². The van der Waals surface area contributed by atoms with Crippen molar-refractivity contribution >= 4 is 35.6 Å². The van der Waals surface area contributed by atoms with E-state index in [0.717, 1.165) is 27.2 Å². The number of aromatic amines is 1. The lowest BCUT2D eigenvalue weighted by Gasteiger charge is -1.97. The van der Waals surface area contributed by atoms with Gasteiger partial charge in [-0.2, -0.15) is 0 Å². The first kappa shape index (κ1) is 11.0. The van der Waals surface area contributed by atoms with Crippen LogP contribution in [0, 0.1) is 0 Å². The Balaban J connectivity index is 1.94. The highest BCUT2D eigenvalue weighted by molar-refractivity contribution is 7.80. The van der Waals surface area contributed by atoms with Crippen LogP contribution in [0.15, 0.2) is 58.7 Å². The minimum Gasteiger partial charge on any atom is -0.345 e. The van der Waals surface area contributed by atoms with Crippen LogP contribution in [0.5, 0.6) is 0 Å². The van der Waals surface area contributed by atoms with Crippen molar-refractivity contribution in [3.05, 3.63) is 54.4 Å². The summed E-state index contributed by atoms with van der Waals surface area (Å²) in [5.41, 5.74) is 3.83. The van der Waals surface area contributed by atoms with Gasteiger partial charge in [0.25, 0.3) is 0 Å². The molecule has 0 unspecified atom stereocenters. The third-order valence-electron chi connectivity index (χ3n) is 2.69. The molecule has 0 atom stereocenters. The molecule has 3 rings (SSSR count). The Morgan fingerprint density at radius 2 is 2.06 bits per heavy atom. The van der Waals surface area contributed by atoms with E-state index in [1.54, 1.807) is 6.33 Å². The van der Waals surface area contributed by atoms with Crippen molar-refractivity contribution in [1.29, 1.82) is 0 Å². The van der Waals surface area contributed by atoms with Gasteiger partial charge >= 0.3 is 0 Å². The summed E-state index contributed by atoms with van der Waals surface area (Å²) in [4.78, 5) is 12.6. The minimum atomic E-state index is 0.892. The van der Waals surface area contributed by atoms with Gasteiger partial charge in [-0.05, 0) is 24.3 Å². The number of hydrogen-bond donors (Lipinski definition) is 2. The third-order valence-corrected chi connectivity index (χ3v) is 3.10. The maximum Gasteiger partial charge on any atom is 0.0931 e. The Kier molecular flexibility index (Phi) is 2.86. The molecule has 88 valence electrons. The number of benzene rings is 2. The highest BCUT2D eigenvalue weighted by Crippen LogP contribution is 2.19. The fourth-order valence-electron chi connectivity index (χ4n) is 1.74. The van der Waals surface area contributed by atoms with Gasteiger partial charge in [0.15, 0.2) is 0 Å². The number of aromatic nitrogens is 2. The van der Waals surface area contributed by atoms with Gasteiger partial charge in [0.2, 0.25) is 0 Å². The molecule has 0 saturated heterocycles. The monoisotopic (exact) mass is 253 g/mol. The minimum absolute atomic E-state index is 0.892. The lowest BCUT2D eigenvalue weighted by Crippen LogP contribution is -1.82. The highest BCUT2D eigenvalue weighted by atomic mass is 32.1.